The lowest BCUT2D eigenvalue weighted by molar-refractivity contribution is -0.116. The summed E-state index contributed by atoms with van der Waals surface area (Å²) in [7, 11) is 1.54. The van der Waals surface area contributed by atoms with Gasteiger partial charge in [-0.15, -0.1) is 0 Å². The number of hydrogen-bond donors (Lipinski definition) is 1. The number of aromatic nitrogens is 3. The molecule has 2 rings (SSSR count). The van der Waals surface area contributed by atoms with E-state index in [2.05, 4.69) is 26.3 Å². The summed E-state index contributed by atoms with van der Waals surface area (Å²) in [5, 5.41) is 6.52. The summed E-state index contributed by atoms with van der Waals surface area (Å²) in [6, 6.07) is 5.62. The standard InChI is InChI=1S/C12H13BrN4O2/c1-8-3-4-10(9(13)5-8)15-11(18)6-17-7-14-16(2)12(17)19/h3-5,7H,6H2,1-2H3,(H,15,18). The van der Waals surface area contributed by atoms with Crippen molar-refractivity contribution in [2.24, 2.45) is 7.05 Å². The number of aryl methyl sites for hydroxylation is 2. The number of carbonyl (C=O) groups excluding carboxylic acids is 1. The Bertz CT molecular complexity index is 675. The van der Waals surface area contributed by atoms with Crippen LogP contribution < -0.4 is 11.0 Å². The Hall–Kier alpha value is -1.89. The first-order valence-electron chi connectivity index (χ1n) is 5.62. The van der Waals surface area contributed by atoms with Crippen LogP contribution in [0.2, 0.25) is 0 Å². The minimum atomic E-state index is -0.321. The minimum Gasteiger partial charge on any atom is -0.324 e. The Labute approximate surface area is 118 Å². The van der Waals surface area contributed by atoms with Gasteiger partial charge in [0.1, 0.15) is 12.9 Å². The number of anilines is 1. The largest absolute Gasteiger partial charge is 0.345 e. The average Bonchev–Trinajstić information content (AvgIpc) is 2.65. The predicted molar refractivity (Wildman–Crippen MR) is 75.0 cm³/mol. The third kappa shape index (κ3) is 3.11. The molecule has 19 heavy (non-hydrogen) atoms. The first kappa shape index (κ1) is 13.5. The lowest BCUT2D eigenvalue weighted by Gasteiger charge is -2.07. The van der Waals surface area contributed by atoms with Crippen molar-refractivity contribution < 1.29 is 4.79 Å². The predicted octanol–water partition coefficient (Wildman–Crippen LogP) is 1.29. The van der Waals surface area contributed by atoms with Crippen molar-refractivity contribution in [3.05, 3.63) is 45.0 Å². The summed E-state index contributed by atoms with van der Waals surface area (Å²) < 4.78 is 3.23. The van der Waals surface area contributed by atoms with Crippen molar-refractivity contribution >= 4 is 27.5 Å². The lowest BCUT2D eigenvalue weighted by atomic mass is 10.2. The van der Waals surface area contributed by atoms with Crippen molar-refractivity contribution in [3.63, 3.8) is 0 Å². The molecule has 0 radical (unpaired) electrons. The molecule has 0 fully saturated rings. The maximum atomic E-state index is 11.9. The molecule has 0 aliphatic carbocycles. The number of halogens is 1. The van der Waals surface area contributed by atoms with Gasteiger partial charge in [-0.25, -0.2) is 9.48 Å². The number of nitrogens with zero attached hydrogens (tertiary/aromatic N) is 3. The number of benzene rings is 1. The van der Waals surface area contributed by atoms with Crippen molar-refractivity contribution in [2.75, 3.05) is 5.32 Å². The Morgan fingerprint density at radius 3 is 2.79 bits per heavy atom. The summed E-state index contributed by atoms with van der Waals surface area (Å²) in [4.78, 5) is 23.4. The third-order valence-electron chi connectivity index (χ3n) is 2.60. The molecule has 0 unspecified atom stereocenters. The first-order chi connectivity index (χ1) is 8.97. The molecule has 0 spiro atoms. The van der Waals surface area contributed by atoms with Crippen LogP contribution in [0.25, 0.3) is 0 Å². The zero-order valence-corrected chi connectivity index (χ0v) is 12.1. The molecule has 2 aromatic rings. The Morgan fingerprint density at radius 2 is 2.21 bits per heavy atom. The topological polar surface area (TPSA) is 68.9 Å². The Balaban J connectivity index is 2.09. The van der Waals surface area contributed by atoms with E-state index in [0.717, 1.165) is 10.0 Å². The van der Waals surface area contributed by atoms with Crippen LogP contribution in [0.3, 0.4) is 0 Å². The maximum Gasteiger partial charge on any atom is 0.345 e. The molecule has 1 heterocycles. The van der Waals surface area contributed by atoms with Gasteiger partial charge in [-0.3, -0.25) is 9.36 Å². The summed E-state index contributed by atoms with van der Waals surface area (Å²) in [5.41, 5.74) is 1.44. The van der Waals surface area contributed by atoms with Gasteiger partial charge in [-0.2, -0.15) is 5.10 Å². The van der Waals surface area contributed by atoms with E-state index in [4.69, 9.17) is 0 Å². The van der Waals surface area contributed by atoms with E-state index in [0.29, 0.717) is 5.69 Å². The molecule has 0 bridgehead atoms. The van der Waals surface area contributed by atoms with Crippen LogP contribution in [0.5, 0.6) is 0 Å². The zero-order chi connectivity index (χ0) is 14.0. The van der Waals surface area contributed by atoms with Crippen LogP contribution in [0.15, 0.2) is 33.8 Å². The molecule has 0 atom stereocenters. The van der Waals surface area contributed by atoms with E-state index < -0.39 is 0 Å². The van der Waals surface area contributed by atoms with Crippen molar-refractivity contribution in [3.8, 4) is 0 Å². The van der Waals surface area contributed by atoms with Gasteiger partial charge in [0.15, 0.2) is 0 Å². The zero-order valence-electron chi connectivity index (χ0n) is 10.6. The van der Waals surface area contributed by atoms with E-state index in [-0.39, 0.29) is 18.1 Å². The van der Waals surface area contributed by atoms with Gasteiger partial charge in [0.2, 0.25) is 5.91 Å². The van der Waals surface area contributed by atoms with Crippen LogP contribution in [-0.4, -0.2) is 20.3 Å². The molecule has 6 nitrogen and oxygen atoms in total. The molecule has 1 aromatic carbocycles. The molecule has 7 heteroatoms. The van der Waals surface area contributed by atoms with Gasteiger partial charge in [-0.05, 0) is 40.5 Å². The second kappa shape index (κ2) is 5.40. The quantitative estimate of drug-likeness (QED) is 0.925. The Kier molecular flexibility index (Phi) is 3.84. The van der Waals surface area contributed by atoms with Crippen molar-refractivity contribution in [2.45, 2.75) is 13.5 Å². The molecule has 0 aliphatic heterocycles. The smallest absolute Gasteiger partial charge is 0.324 e. The van der Waals surface area contributed by atoms with Gasteiger partial charge >= 0.3 is 5.69 Å². The van der Waals surface area contributed by atoms with Gasteiger partial charge in [0.05, 0.1) is 5.69 Å². The third-order valence-corrected chi connectivity index (χ3v) is 3.26. The molecule has 1 N–H and O–H groups in total. The summed E-state index contributed by atoms with van der Waals surface area (Å²) in [6.07, 6.45) is 1.34. The van der Waals surface area contributed by atoms with Crippen LogP contribution in [0.1, 0.15) is 5.56 Å². The summed E-state index contributed by atoms with van der Waals surface area (Å²) in [6.45, 7) is 1.90. The van der Waals surface area contributed by atoms with Gasteiger partial charge in [0, 0.05) is 11.5 Å². The van der Waals surface area contributed by atoms with Crippen molar-refractivity contribution in [1.82, 2.24) is 14.3 Å². The second-order valence-electron chi connectivity index (χ2n) is 4.20. The molecule has 0 aliphatic rings. The SMILES string of the molecule is Cc1ccc(NC(=O)Cn2cnn(C)c2=O)c(Br)c1. The number of hydrogen-bond acceptors (Lipinski definition) is 3. The van der Waals surface area contributed by atoms with Crippen LogP contribution in [-0.2, 0) is 18.4 Å². The molecular weight excluding hydrogens is 312 g/mol. The van der Waals surface area contributed by atoms with Gasteiger partial charge in [-0.1, -0.05) is 6.07 Å². The van der Waals surface area contributed by atoms with Gasteiger partial charge < -0.3 is 5.32 Å². The fourth-order valence-corrected chi connectivity index (χ4v) is 2.19. The number of rotatable bonds is 3. The van der Waals surface area contributed by atoms with Crippen LogP contribution >= 0.6 is 15.9 Å². The van der Waals surface area contributed by atoms with E-state index in [1.807, 2.05) is 25.1 Å². The number of amides is 1. The summed E-state index contributed by atoms with van der Waals surface area (Å²) in [5.74, 6) is -0.278. The molecule has 0 saturated heterocycles. The highest BCUT2D eigenvalue weighted by Crippen LogP contribution is 2.23. The maximum absolute atomic E-state index is 11.9. The van der Waals surface area contributed by atoms with Crippen LogP contribution in [0, 0.1) is 6.92 Å². The van der Waals surface area contributed by atoms with E-state index in [9.17, 15) is 9.59 Å². The first-order valence-corrected chi connectivity index (χ1v) is 6.41. The highest BCUT2D eigenvalue weighted by molar-refractivity contribution is 9.10. The number of nitrogens with one attached hydrogen (secondary N) is 1. The second-order valence-corrected chi connectivity index (χ2v) is 5.05. The minimum absolute atomic E-state index is 0.0625. The fourth-order valence-electron chi connectivity index (χ4n) is 1.60. The molecular formula is C12H13BrN4O2. The highest BCUT2D eigenvalue weighted by atomic mass is 79.9. The molecule has 1 aromatic heterocycles. The normalized spacial score (nSPS) is 10.5. The Morgan fingerprint density at radius 1 is 1.47 bits per heavy atom. The fraction of sp³-hybridized carbons (Fsp3) is 0.250. The lowest BCUT2D eigenvalue weighted by Crippen LogP contribution is -2.28. The van der Waals surface area contributed by atoms with E-state index >= 15 is 0 Å². The molecule has 0 saturated carbocycles. The molecule has 100 valence electrons. The van der Waals surface area contributed by atoms with Gasteiger partial charge in [0.25, 0.3) is 0 Å². The van der Waals surface area contributed by atoms with E-state index in [1.165, 1.54) is 22.6 Å². The monoisotopic (exact) mass is 324 g/mol. The number of carbonyl (C=O) groups is 1. The average molecular weight is 325 g/mol. The molecule has 1 amide bonds. The van der Waals surface area contributed by atoms with Crippen LogP contribution in [0.4, 0.5) is 5.69 Å². The summed E-state index contributed by atoms with van der Waals surface area (Å²) >= 11 is 3.38. The van der Waals surface area contributed by atoms with E-state index in [1.54, 1.807) is 0 Å². The highest BCUT2D eigenvalue weighted by Gasteiger charge is 2.09. The van der Waals surface area contributed by atoms with Crippen molar-refractivity contribution in [1.29, 1.82) is 0 Å².